The van der Waals surface area contributed by atoms with Gasteiger partial charge in [0.05, 0.1) is 46.3 Å². The Morgan fingerprint density at radius 1 is 0.902 bits per heavy atom. The average Bonchev–Trinajstić information content (AvgIpc) is 3.70. The van der Waals surface area contributed by atoms with E-state index in [0.717, 1.165) is 86.2 Å². The number of ether oxygens (including phenoxy) is 1. The van der Waals surface area contributed by atoms with Crippen LogP contribution in [0.4, 0.5) is 16.2 Å². The van der Waals surface area contributed by atoms with Crippen molar-refractivity contribution in [1.82, 2.24) is 40.3 Å². The number of carbonyl (C=O) groups is 3. The lowest BCUT2D eigenvalue weighted by molar-refractivity contribution is -0.163. The van der Waals surface area contributed by atoms with Gasteiger partial charge in [0.1, 0.15) is 23.6 Å². The molecule has 61 heavy (non-hydrogen) atoms. The minimum absolute atomic E-state index is 0. The Morgan fingerprint density at radius 2 is 1.67 bits per heavy atom. The van der Waals surface area contributed by atoms with Crippen LogP contribution in [0, 0.1) is 28.1 Å². The van der Waals surface area contributed by atoms with Gasteiger partial charge in [0.2, 0.25) is 5.91 Å². The number of aromatic nitrogens is 5. The molecule has 5 aromatic rings. The maximum atomic E-state index is 13.6. The van der Waals surface area contributed by atoms with Gasteiger partial charge in [-0.3, -0.25) is 24.8 Å². The summed E-state index contributed by atoms with van der Waals surface area (Å²) in [6.45, 7) is 13.7. The Bertz CT molecular complexity index is 2490. The largest absolute Gasteiger partial charge is 0.488 e. The molecule has 0 atom stereocenters. The topological polar surface area (TPSA) is 174 Å². The molecule has 0 radical (unpaired) electrons. The minimum atomic E-state index is -0.408. The molecule has 318 valence electrons. The van der Waals surface area contributed by atoms with Crippen molar-refractivity contribution in [3.8, 4) is 11.8 Å². The van der Waals surface area contributed by atoms with Crippen LogP contribution in [-0.2, 0) is 4.79 Å². The molecule has 3 saturated heterocycles. The molecule has 0 spiro atoms. The molecule has 16 heteroatoms. The standard InChI is InChI=1S/C45H51N11O4.ClH/c1-44(2)41(45(3,4)42(44)60-36-10-7-29(24-46)38-32(36)6-5-17-47-38)52-40(58)34-9-8-31(25-49-34)54-21-12-28(13-22-54)27-53-19-14-30(15-20-53)56-39-33(26-50-56)35(11-18-48-39)55-23-16-37(57)51-43(55)59;/h5-11,17-18,25-26,28,30,41-42H,12-16,19-23,27H2,1-4H3,(H,52,58)(H,51,57,59);1H. The number of amides is 4. The number of carbonyl (C=O) groups excluding carboxylic acids is 3. The maximum absolute atomic E-state index is 13.6. The van der Waals surface area contributed by atoms with Gasteiger partial charge in [-0.25, -0.2) is 19.4 Å². The first-order chi connectivity index (χ1) is 28.9. The van der Waals surface area contributed by atoms with Crippen LogP contribution in [0.5, 0.6) is 5.75 Å². The van der Waals surface area contributed by atoms with Crippen molar-refractivity contribution in [3.63, 3.8) is 0 Å². The van der Waals surface area contributed by atoms with Crippen LogP contribution in [0.3, 0.4) is 0 Å². The zero-order valence-corrected chi connectivity index (χ0v) is 35.8. The van der Waals surface area contributed by atoms with Crippen molar-refractivity contribution >= 4 is 63.6 Å². The minimum Gasteiger partial charge on any atom is -0.488 e. The monoisotopic (exact) mass is 845 g/mol. The quantitative estimate of drug-likeness (QED) is 0.171. The average molecular weight is 846 g/mol. The number of nitrogens with one attached hydrogen (secondary N) is 2. The molecule has 4 amide bonds. The molecule has 0 unspecified atom stereocenters. The fraction of sp³-hybridized carbons (Fsp3) is 0.467. The summed E-state index contributed by atoms with van der Waals surface area (Å²) in [6, 6.07) is 14.9. The van der Waals surface area contributed by atoms with E-state index in [-0.39, 0.29) is 59.7 Å². The highest BCUT2D eigenvalue weighted by molar-refractivity contribution is 6.09. The summed E-state index contributed by atoms with van der Waals surface area (Å²) in [5.41, 5.74) is 3.29. The molecule has 1 aliphatic carbocycles. The summed E-state index contributed by atoms with van der Waals surface area (Å²) in [5, 5.41) is 21.6. The molecule has 4 aromatic heterocycles. The van der Waals surface area contributed by atoms with Crippen LogP contribution in [0.1, 0.15) is 81.9 Å². The van der Waals surface area contributed by atoms with Crippen molar-refractivity contribution in [2.75, 3.05) is 49.1 Å². The van der Waals surface area contributed by atoms with Crippen molar-refractivity contribution < 1.29 is 19.1 Å². The van der Waals surface area contributed by atoms with E-state index in [9.17, 15) is 19.6 Å². The second kappa shape index (κ2) is 16.5. The molecule has 15 nitrogen and oxygen atoms in total. The van der Waals surface area contributed by atoms with Crippen LogP contribution in [0.15, 0.2) is 67.3 Å². The Kier molecular flexibility index (Phi) is 11.4. The summed E-state index contributed by atoms with van der Waals surface area (Å²) in [7, 11) is 0. The number of nitrogens with zero attached hydrogens (tertiary/aromatic N) is 9. The number of pyridine rings is 3. The summed E-state index contributed by atoms with van der Waals surface area (Å²) in [5.74, 6) is 0.836. The van der Waals surface area contributed by atoms with Gasteiger partial charge in [-0.1, -0.05) is 27.7 Å². The van der Waals surface area contributed by atoms with Crippen molar-refractivity contribution in [2.45, 2.75) is 78.0 Å². The van der Waals surface area contributed by atoms with Crippen molar-refractivity contribution in [1.29, 1.82) is 5.26 Å². The van der Waals surface area contributed by atoms with Gasteiger partial charge in [-0.15, -0.1) is 12.4 Å². The van der Waals surface area contributed by atoms with Gasteiger partial charge in [0.25, 0.3) is 5.91 Å². The van der Waals surface area contributed by atoms with E-state index in [2.05, 4.69) is 69.1 Å². The molecule has 1 saturated carbocycles. The molecule has 7 heterocycles. The molecular weight excluding hydrogens is 794 g/mol. The van der Waals surface area contributed by atoms with E-state index in [4.69, 9.17) is 9.84 Å². The number of piperidine rings is 2. The lowest BCUT2D eigenvalue weighted by Crippen LogP contribution is -2.74. The predicted octanol–water partition coefficient (Wildman–Crippen LogP) is 6.28. The molecular formula is C45H52ClN11O4. The highest BCUT2D eigenvalue weighted by atomic mass is 35.5. The summed E-state index contributed by atoms with van der Waals surface area (Å²) in [6.07, 6.45) is 11.2. The van der Waals surface area contributed by atoms with Crippen LogP contribution in [0.2, 0.25) is 0 Å². The second-order valence-electron chi connectivity index (χ2n) is 17.9. The maximum Gasteiger partial charge on any atom is 0.328 e. The smallest absolute Gasteiger partial charge is 0.328 e. The first-order valence-corrected chi connectivity index (χ1v) is 21.0. The van der Waals surface area contributed by atoms with E-state index < -0.39 is 6.03 Å². The summed E-state index contributed by atoms with van der Waals surface area (Å²) in [4.78, 5) is 58.1. The third-order valence-electron chi connectivity index (χ3n) is 13.4. The third kappa shape index (κ3) is 7.72. The molecule has 3 aliphatic heterocycles. The second-order valence-corrected chi connectivity index (χ2v) is 17.9. The van der Waals surface area contributed by atoms with E-state index >= 15 is 0 Å². The number of fused-ring (bicyclic) bond motifs is 2. The Morgan fingerprint density at radius 3 is 2.38 bits per heavy atom. The van der Waals surface area contributed by atoms with Crippen LogP contribution in [-0.4, -0.2) is 98.9 Å². The van der Waals surface area contributed by atoms with E-state index in [1.165, 1.54) is 0 Å². The zero-order valence-electron chi connectivity index (χ0n) is 35.0. The number of hydrogen-bond acceptors (Lipinski definition) is 11. The van der Waals surface area contributed by atoms with Gasteiger partial charge >= 0.3 is 6.03 Å². The number of halogens is 1. The molecule has 1 aromatic carbocycles. The number of anilines is 2. The Labute approximate surface area is 361 Å². The SMILES string of the molecule is CC1(C)C(NC(=O)c2ccc(N3CCC(CN4CCC(n5ncc6c(N7CCC(=O)NC7=O)ccnc65)CC4)CC3)cn2)C(C)(C)C1Oc1ccc(C#N)c2ncccc12.Cl. The van der Waals surface area contributed by atoms with Crippen LogP contribution >= 0.6 is 12.4 Å². The number of likely N-dealkylation sites (tertiary alicyclic amines) is 1. The highest BCUT2D eigenvalue weighted by Gasteiger charge is 2.64. The highest BCUT2D eigenvalue weighted by Crippen LogP contribution is 2.56. The lowest BCUT2D eigenvalue weighted by Gasteiger charge is -2.63. The number of benzene rings is 1. The fourth-order valence-corrected chi connectivity index (χ4v) is 10.5. The Balaban J connectivity index is 0.00000514. The van der Waals surface area contributed by atoms with Crippen molar-refractivity contribution in [3.05, 3.63) is 78.5 Å². The number of urea groups is 1. The van der Waals surface area contributed by atoms with Crippen molar-refractivity contribution in [2.24, 2.45) is 16.7 Å². The third-order valence-corrected chi connectivity index (χ3v) is 13.4. The zero-order chi connectivity index (χ0) is 41.8. The molecule has 4 aliphatic rings. The summed E-state index contributed by atoms with van der Waals surface area (Å²) < 4.78 is 8.67. The first kappa shape index (κ1) is 41.9. The number of imide groups is 1. The number of rotatable bonds is 9. The van der Waals surface area contributed by atoms with E-state index in [1.54, 1.807) is 29.6 Å². The van der Waals surface area contributed by atoms with Crippen LogP contribution in [0.25, 0.3) is 21.9 Å². The summed E-state index contributed by atoms with van der Waals surface area (Å²) >= 11 is 0. The number of nitriles is 1. The Hall–Kier alpha value is -5.85. The molecule has 0 bridgehead atoms. The molecule has 2 N–H and O–H groups in total. The van der Waals surface area contributed by atoms with Gasteiger partial charge in [0, 0.05) is 80.3 Å². The van der Waals surface area contributed by atoms with Gasteiger partial charge in [-0.05, 0) is 74.1 Å². The predicted molar refractivity (Wildman–Crippen MR) is 234 cm³/mol. The fourth-order valence-electron chi connectivity index (χ4n) is 10.5. The lowest BCUT2D eigenvalue weighted by atomic mass is 9.49. The van der Waals surface area contributed by atoms with Gasteiger partial charge in [-0.2, -0.15) is 10.4 Å². The first-order valence-electron chi connectivity index (χ1n) is 21.0. The van der Waals surface area contributed by atoms with E-state index in [1.807, 2.05) is 47.3 Å². The van der Waals surface area contributed by atoms with Crippen LogP contribution < -0.4 is 25.2 Å². The number of hydrogen-bond donors (Lipinski definition) is 2. The van der Waals surface area contributed by atoms with Gasteiger partial charge in [0.15, 0.2) is 5.65 Å². The van der Waals surface area contributed by atoms with E-state index in [0.29, 0.717) is 35.0 Å². The molecule has 9 rings (SSSR count). The normalized spacial score (nSPS) is 22.0. The van der Waals surface area contributed by atoms with Gasteiger partial charge < -0.3 is 19.9 Å². The molecule has 4 fully saturated rings.